The predicted octanol–water partition coefficient (Wildman–Crippen LogP) is 2.66. The van der Waals surface area contributed by atoms with E-state index in [1.807, 2.05) is 24.3 Å². The van der Waals surface area contributed by atoms with Crippen molar-refractivity contribution in [3.63, 3.8) is 0 Å². The zero-order valence-electron chi connectivity index (χ0n) is 11.8. The van der Waals surface area contributed by atoms with Crippen LogP contribution in [0.1, 0.15) is 12.8 Å². The maximum absolute atomic E-state index is 11.6. The van der Waals surface area contributed by atoms with Gasteiger partial charge < -0.3 is 15.2 Å². The second-order valence-corrected chi connectivity index (χ2v) is 4.66. The maximum atomic E-state index is 11.6. The molecule has 22 heavy (non-hydrogen) atoms. The topological polar surface area (TPSA) is 75.6 Å². The monoisotopic (exact) mass is 297 g/mol. The van der Waals surface area contributed by atoms with Crippen LogP contribution in [0.2, 0.25) is 0 Å². The molecule has 2 N–H and O–H groups in total. The molecule has 0 spiro atoms. The summed E-state index contributed by atoms with van der Waals surface area (Å²) in [5, 5.41) is 13.1. The van der Waals surface area contributed by atoms with Gasteiger partial charge in [-0.25, -0.2) is 0 Å². The quantitative estimate of drug-likeness (QED) is 0.804. The summed E-state index contributed by atoms with van der Waals surface area (Å²) < 4.78 is 5.36. The van der Waals surface area contributed by atoms with Gasteiger partial charge in [-0.1, -0.05) is 18.1 Å². The van der Waals surface area contributed by atoms with Gasteiger partial charge in [-0.2, -0.15) is 0 Å². The first-order valence-corrected chi connectivity index (χ1v) is 6.70. The van der Waals surface area contributed by atoms with Crippen molar-refractivity contribution in [2.75, 3.05) is 11.9 Å². The smallest absolute Gasteiger partial charge is 0.303 e. The summed E-state index contributed by atoms with van der Waals surface area (Å²) in [6.07, 6.45) is 4.91. The molecule has 0 atom stereocenters. The van der Waals surface area contributed by atoms with Gasteiger partial charge in [0.2, 0.25) is 5.91 Å². The summed E-state index contributed by atoms with van der Waals surface area (Å²) in [6.45, 7) is 0.192. The second kappa shape index (κ2) is 7.14. The molecule has 0 aliphatic rings. The van der Waals surface area contributed by atoms with Crippen molar-refractivity contribution < 1.29 is 19.4 Å². The fourth-order valence-electron chi connectivity index (χ4n) is 1.96. The van der Waals surface area contributed by atoms with Crippen molar-refractivity contribution in [2.24, 2.45) is 0 Å². The van der Waals surface area contributed by atoms with E-state index in [-0.39, 0.29) is 25.4 Å². The molecule has 5 heteroatoms. The molecule has 0 saturated carbocycles. The van der Waals surface area contributed by atoms with Crippen molar-refractivity contribution in [3.8, 4) is 18.1 Å². The molecule has 0 aliphatic carbocycles. The third-order valence-electron chi connectivity index (χ3n) is 2.98. The standard InChI is InChI=1S/C17H15NO4/c1-2-9-22-15-6-4-12-3-5-14(10-13(12)11-15)18-16(19)7-8-17(20)21/h1,3-6,10-11H,7-9H2,(H,18,19)(H,20,21). The van der Waals surface area contributed by atoms with Crippen LogP contribution in [-0.2, 0) is 9.59 Å². The van der Waals surface area contributed by atoms with Gasteiger partial charge in [-0.05, 0) is 35.0 Å². The average Bonchev–Trinajstić information content (AvgIpc) is 2.50. The predicted molar refractivity (Wildman–Crippen MR) is 83.8 cm³/mol. The van der Waals surface area contributed by atoms with Crippen LogP contribution in [0.5, 0.6) is 5.75 Å². The van der Waals surface area contributed by atoms with Crippen LogP contribution in [0.4, 0.5) is 5.69 Å². The third kappa shape index (κ3) is 4.25. The lowest BCUT2D eigenvalue weighted by molar-refractivity contribution is -0.138. The lowest BCUT2D eigenvalue weighted by Crippen LogP contribution is -2.13. The first-order valence-electron chi connectivity index (χ1n) is 6.70. The minimum atomic E-state index is -0.996. The number of carboxylic acid groups (broad SMARTS) is 1. The van der Waals surface area contributed by atoms with E-state index in [4.69, 9.17) is 16.3 Å². The van der Waals surface area contributed by atoms with E-state index < -0.39 is 5.97 Å². The SMILES string of the molecule is C#CCOc1ccc2ccc(NC(=O)CCC(=O)O)cc2c1. The van der Waals surface area contributed by atoms with E-state index in [1.54, 1.807) is 12.1 Å². The summed E-state index contributed by atoms with van der Waals surface area (Å²) in [5.74, 6) is 1.72. The molecule has 0 heterocycles. The molecule has 0 aliphatic heterocycles. The highest BCUT2D eigenvalue weighted by Crippen LogP contribution is 2.24. The first kappa shape index (κ1) is 15.4. The number of carbonyl (C=O) groups excluding carboxylic acids is 1. The van der Waals surface area contributed by atoms with Gasteiger partial charge >= 0.3 is 5.97 Å². The van der Waals surface area contributed by atoms with Crippen LogP contribution in [0.15, 0.2) is 36.4 Å². The number of nitrogens with one attached hydrogen (secondary N) is 1. The van der Waals surface area contributed by atoms with E-state index in [9.17, 15) is 9.59 Å². The number of carboxylic acids is 1. The Bertz CT molecular complexity index is 746. The molecule has 0 aromatic heterocycles. The molecule has 0 bridgehead atoms. The minimum absolute atomic E-state index is 0.0569. The third-order valence-corrected chi connectivity index (χ3v) is 2.98. The Morgan fingerprint density at radius 3 is 2.64 bits per heavy atom. The molecule has 2 aromatic carbocycles. The number of amides is 1. The van der Waals surface area contributed by atoms with Gasteiger partial charge in [0.05, 0.1) is 6.42 Å². The average molecular weight is 297 g/mol. The normalized spacial score (nSPS) is 9.95. The molecule has 0 unspecified atom stereocenters. The number of terminal acetylenes is 1. The Labute approximate surface area is 127 Å². The van der Waals surface area contributed by atoms with Crippen LogP contribution in [0.3, 0.4) is 0 Å². The zero-order valence-corrected chi connectivity index (χ0v) is 11.8. The molecule has 112 valence electrons. The Morgan fingerprint density at radius 2 is 1.91 bits per heavy atom. The number of anilines is 1. The number of benzene rings is 2. The summed E-state index contributed by atoms with van der Waals surface area (Å²) in [7, 11) is 0. The van der Waals surface area contributed by atoms with E-state index in [0.29, 0.717) is 11.4 Å². The van der Waals surface area contributed by atoms with Crippen molar-refractivity contribution in [2.45, 2.75) is 12.8 Å². The van der Waals surface area contributed by atoms with Gasteiger partial charge in [0, 0.05) is 12.1 Å². The van der Waals surface area contributed by atoms with Crippen LogP contribution in [-0.4, -0.2) is 23.6 Å². The summed E-state index contributed by atoms with van der Waals surface area (Å²) in [4.78, 5) is 22.1. The highest BCUT2D eigenvalue weighted by molar-refractivity contribution is 5.95. The molecule has 1 amide bonds. The maximum Gasteiger partial charge on any atom is 0.303 e. The van der Waals surface area contributed by atoms with Crippen LogP contribution in [0.25, 0.3) is 10.8 Å². The van der Waals surface area contributed by atoms with E-state index in [2.05, 4.69) is 11.2 Å². The molecule has 5 nitrogen and oxygen atoms in total. The Kier molecular flexibility index (Phi) is 4.99. The summed E-state index contributed by atoms with van der Waals surface area (Å²) in [5.41, 5.74) is 0.608. The lowest BCUT2D eigenvalue weighted by Gasteiger charge is -2.08. The van der Waals surface area contributed by atoms with Gasteiger partial charge in [-0.15, -0.1) is 6.42 Å². The Hall–Kier alpha value is -3.00. The van der Waals surface area contributed by atoms with Crippen LogP contribution < -0.4 is 10.1 Å². The van der Waals surface area contributed by atoms with Crippen molar-refractivity contribution in [1.29, 1.82) is 0 Å². The number of carbonyl (C=O) groups is 2. The first-order chi connectivity index (χ1) is 10.6. The van der Waals surface area contributed by atoms with Crippen molar-refractivity contribution in [1.82, 2.24) is 0 Å². The minimum Gasteiger partial charge on any atom is -0.481 e. The van der Waals surface area contributed by atoms with Crippen LogP contribution >= 0.6 is 0 Å². The molecule has 0 fully saturated rings. The van der Waals surface area contributed by atoms with E-state index in [0.717, 1.165) is 10.8 Å². The Morgan fingerprint density at radius 1 is 1.14 bits per heavy atom. The second-order valence-electron chi connectivity index (χ2n) is 4.66. The molecular formula is C17H15NO4. The van der Waals surface area contributed by atoms with Gasteiger partial charge in [0.25, 0.3) is 0 Å². The number of aliphatic carboxylic acids is 1. The van der Waals surface area contributed by atoms with Gasteiger partial charge in [0.1, 0.15) is 12.4 Å². The zero-order chi connectivity index (χ0) is 15.9. The lowest BCUT2D eigenvalue weighted by atomic mass is 10.1. The van der Waals surface area contributed by atoms with E-state index in [1.165, 1.54) is 0 Å². The summed E-state index contributed by atoms with van der Waals surface area (Å²) >= 11 is 0. The molecule has 0 saturated heterocycles. The largest absolute Gasteiger partial charge is 0.481 e. The highest BCUT2D eigenvalue weighted by atomic mass is 16.5. The Balaban J connectivity index is 2.12. The fraction of sp³-hybridized carbons (Fsp3) is 0.176. The van der Waals surface area contributed by atoms with Gasteiger partial charge in [-0.3, -0.25) is 9.59 Å². The molecule has 2 rings (SSSR count). The molecule has 0 radical (unpaired) electrons. The number of hydrogen-bond acceptors (Lipinski definition) is 3. The summed E-state index contributed by atoms with van der Waals surface area (Å²) in [6, 6.07) is 11.0. The van der Waals surface area contributed by atoms with Crippen molar-refractivity contribution in [3.05, 3.63) is 36.4 Å². The fourth-order valence-corrected chi connectivity index (χ4v) is 1.96. The number of fused-ring (bicyclic) bond motifs is 1. The van der Waals surface area contributed by atoms with E-state index >= 15 is 0 Å². The molecular weight excluding hydrogens is 282 g/mol. The number of ether oxygens (including phenoxy) is 1. The molecule has 2 aromatic rings. The van der Waals surface area contributed by atoms with Crippen molar-refractivity contribution >= 4 is 28.3 Å². The highest BCUT2D eigenvalue weighted by Gasteiger charge is 2.06. The van der Waals surface area contributed by atoms with Crippen LogP contribution in [0, 0.1) is 12.3 Å². The number of hydrogen-bond donors (Lipinski definition) is 2. The van der Waals surface area contributed by atoms with Gasteiger partial charge in [0.15, 0.2) is 0 Å². The number of rotatable bonds is 6.